The van der Waals surface area contributed by atoms with Gasteiger partial charge in [0.15, 0.2) is 4.96 Å². The first-order valence-electron chi connectivity index (χ1n) is 8.33. The number of ether oxygens (including phenoxy) is 1. The first-order chi connectivity index (χ1) is 11.8. The van der Waals surface area contributed by atoms with Crippen molar-refractivity contribution in [3.8, 4) is 17.0 Å². The molecule has 0 saturated carbocycles. The summed E-state index contributed by atoms with van der Waals surface area (Å²) in [7, 11) is 1.69. The maximum absolute atomic E-state index is 5.32. The summed E-state index contributed by atoms with van der Waals surface area (Å²) >= 11 is 1.76. The van der Waals surface area contributed by atoms with Gasteiger partial charge in [-0.2, -0.15) is 0 Å². The van der Waals surface area contributed by atoms with Gasteiger partial charge in [-0.1, -0.05) is 42.9 Å². The molecule has 0 saturated heterocycles. The van der Waals surface area contributed by atoms with Gasteiger partial charge in [0.05, 0.1) is 23.0 Å². The highest BCUT2D eigenvalue weighted by molar-refractivity contribution is 7.23. The number of thiazole rings is 1. The van der Waals surface area contributed by atoms with Gasteiger partial charge < -0.3 is 4.74 Å². The number of hydrogen-bond donors (Lipinski definition) is 0. The number of hydrogen-bond acceptors (Lipinski definition) is 3. The minimum atomic E-state index is 0.856. The zero-order chi connectivity index (χ0) is 16.5. The molecular formula is C20H20N2OS. The van der Waals surface area contributed by atoms with Crippen molar-refractivity contribution in [3.05, 3.63) is 54.2 Å². The van der Waals surface area contributed by atoms with Gasteiger partial charge in [0.25, 0.3) is 0 Å². The highest BCUT2D eigenvalue weighted by Gasteiger charge is 2.11. The third-order valence-corrected chi connectivity index (χ3v) is 5.36. The van der Waals surface area contributed by atoms with E-state index in [1.165, 1.54) is 28.6 Å². The van der Waals surface area contributed by atoms with Crippen LogP contribution in [0, 0.1) is 0 Å². The number of fused-ring (bicyclic) bond motifs is 3. The lowest BCUT2D eigenvalue weighted by Gasteiger charge is -2.01. The molecule has 0 spiro atoms. The van der Waals surface area contributed by atoms with E-state index in [0.717, 1.165) is 28.4 Å². The number of nitrogens with zero attached hydrogens (tertiary/aromatic N) is 2. The number of imidazole rings is 1. The molecule has 0 aliphatic carbocycles. The number of rotatable bonds is 5. The van der Waals surface area contributed by atoms with Gasteiger partial charge in [0, 0.05) is 11.8 Å². The first kappa shape index (κ1) is 15.2. The normalized spacial score (nSPS) is 11.4. The monoisotopic (exact) mass is 336 g/mol. The molecule has 0 atom stereocenters. The van der Waals surface area contributed by atoms with E-state index >= 15 is 0 Å². The Labute approximate surface area is 145 Å². The molecule has 122 valence electrons. The molecule has 3 nitrogen and oxygen atoms in total. The average Bonchev–Trinajstić information content (AvgIpc) is 3.17. The Balaban J connectivity index is 1.75. The van der Waals surface area contributed by atoms with Gasteiger partial charge in [-0.25, -0.2) is 4.98 Å². The van der Waals surface area contributed by atoms with Crippen molar-refractivity contribution in [2.45, 2.75) is 26.2 Å². The minimum absolute atomic E-state index is 0.856. The van der Waals surface area contributed by atoms with Gasteiger partial charge in [0.1, 0.15) is 5.75 Å². The Bertz CT molecular complexity index is 999. The van der Waals surface area contributed by atoms with Crippen LogP contribution in [0.3, 0.4) is 0 Å². The lowest BCUT2D eigenvalue weighted by Crippen LogP contribution is -1.85. The second-order valence-electron chi connectivity index (χ2n) is 6.02. The first-order valence-corrected chi connectivity index (χ1v) is 9.15. The van der Waals surface area contributed by atoms with Gasteiger partial charge in [-0.3, -0.25) is 4.40 Å². The molecule has 2 aromatic heterocycles. The molecule has 4 aromatic rings. The van der Waals surface area contributed by atoms with Crippen LogP contribution in [0.5, 0.6) is 5.75 Å². The third-order valence-electron chi connectivity index (χ3n) is 4.34. The lowest BCUT2D eigenvalue weighted by atomic mass is 10.1. The number of methoxy groups -OCH3 is 1. The predicted molar refractivity (Wildman–Crippen MR) is 101 cm³/mol. The topological polar surface area (TPSA) is 26.5 Å². The average molecular weight is 336 g/mol. The molecule has 0 N–H and O–H groups in total. The molecule has 2 aromatic carbocycles. The minimum Gasteiger partial charge on any atom is -0.497 e. The zero-order valence-corrected chi connectivity index (χ0v) is 14.8. The Kier molecular flexibility index (Phi) is 3.98. The van der Waals surface area contributed by atoms with Crippen LogP contribution in [-0.4, -0.2) is 16.5 Å². The van der Waals surface area contributed by atoms with E-state index in [-0.39, 0.29) is 0 Å². The van der Waals surface area contributed by atoms with Crippen molar-refractivity contribution in [1.29, 1.82) is 0 Å². The maximum Gasteiger partial charge on any atom is 0.195 e. The molecule has 4 rings (SSSR count). The molecule has 0 unspecified atom stereocenters. The van der Waals surface area contributed by atoms with E-state index in [9.17, 15) is 0 Å². The Hall–Kier alpha value is -2.33. The summed E-state index contributed by atoms with van der Waals surface area (Å²) in [6.07, 6.45) is 5.75. The number of aromatic nitrogens is 2. The van der Waals surface area contributed by atoms with Crippen molar-refractivity contribution in [1.82, 2.24) is 9.38 Å². The fourth-order valence-corrected chi connectivity index (χ4v) is 4.07. The summed E-state index contributed by atoms with van der Waals surface area (Å²) in [5.41, 5.74) is 4.72. The molecule has 0 bridgehead atoms. The SMILES string of the molecule is CCCCc1ccc2c(c1)sc1nc(-c3cccc(OC)c3)cn12. The van der Waals surface area contributed by atoms with Crippen molar-refractivity contribution in [2.24, 2.45) is 0 Å². The molecule has 2 heterocycles. The molecule has 0 radical (unpaired) electrons. The smallest absolute Gasteiger partial charge is 0.195 e. The lowest BCUT2D eigenvalue weighted by molar-refractivity contribution is 0.415. The third kappa shape index (κ3) is 2.67. The fourth-order valence-electron chi connectivity index (χ4n) is 3.00. The summed E-state index contributed by atoms with van der Waals surface area (Å²) in [5, 5.41) is 0. The molecule has 0 amide bonds. The van der Waals surface area contributed by atoms with Crippen LogP contribution in [0.25, 0.3) is 26.4 Å². The van der Waals surface area contributed by atoms with E-state index in [0.29, 0.717) is 0 Å². The van der Waals surface area contributed by atoms with Crippen LogP contribution in [0.15, 0.2) is 48.7 Å². The Morgan fingerprint density at radius 1 is 1.17 bits per heavy atom. The standard InChI is InChI=1S/C20H20N2OS/c1-3-4-6-14-9-10-18-19(11-14)24-20-21-17(13-22(18)20)15-7-5-8-16(12-15)23-2/h5,7-13H,3-4,6H2,1-2H3. The van der Waals surface area contributed by atoms with Crippen molar-refractivity contribution < 1.29 is 4.74 Å². The zero-order valence-electron chi connectivity index (χ0n) is 14.0. The highest BCUT2D eigenvalue weighted by Crippen LogP contribution is 2.31. The largest absolute Gasteiger partial charge is 0.497 e. The van der Waals surface area contributed by atoms with E-state index in [1.54, 1.807) is 18.4 Å². The van der Waals surface area contributed by atoms with Crippen LogP contribution in [0.1, 0.15) is 25.3 Å². The van der Waals surface area contributed by atoms with Crippen LogP contribution in [0.4, 0.5) is 0 Å². The van der Waals surface area contributed by atoms with Gasteiger partial charge in [-0.15, -0.1) is 0 Å². The Morgan fingerprint density at radius 2 is 2.08 bits per heavy atom. The van der Waals surface area contributed by atoms with Crippen molar-refractivity contribution >= 4 is 26.5 Å². The van der Waals surface area contributed by atoms with Crippen LogP contribution < -0.4 is 4.74 Å². The molecule has 24 heavy (non-hydrogen) atoms. The number of aryl methyl sites for hydroxylation is 1. The summed E-state index contributed by atoms with van der Waals surface area (Å²) < 4.78 is 8.82. The summed E-state index contributed by atoms with van der Waals surface area (Å²) in [6, 6.07) is 14.8. The number of benzene rings is 2. The van der Waals surface area contributed by atoms with Crippen LogP contribution in [0.2, 0.25) is 0 Å². The summed E-state index contributed by atoms with van der Waals surface area (Å²) in [4.78, 5) is 5.85. The summed E-state index contributed by atoms with van der Waals surface area (Å²) in [5.74, 6) is 0.856. The fraction of sp³-hybridized carbons (Fsp3) is 0.250. The molecule has 0 aliphatic rings. The van der Waals surface area contributed by atoms with Crippen LogP contribution in [-0.2, 0) is 6.42 Å². The molecular weight excluding hydrogens is 316 g/mol. The van der Waals surface area contributed by atoms with Crippen LogP contribution >= 0.6 is 11.3 Å². The molecule has 4 heteroatoms. The second-order valence-corrected chi connectivity index (χ2v) is 7.03. The quantitative estimate of drug-likeness (QED) is 0.476. The van der Waals surface area contributed by atoms with E-state index in [4.69, 9.17) is 9.72 Å². The second kappa shape index (κ2) is 6.29. The van der Waals surface area contributed by atoms with Crippen molar-refractivity contribution in [2.75, 3.05) is 7.11 Å². The molecule has 0 fully saturated rings. The van der Waals surface area contributed by atoms with Crippen molar-refractivity contribution in [3.63, 3.8) is 0 Å². The van der Waals surface area contributed by atoms with E-state index in [1.807, 2.05) is 18.2 Å². The van der Waals surface area contributed by atoms with E-state index < -0.39 is 0 Å². The maximum atomic E-state index is 5.32. The van der Waals surface area contributed by atoms with Gasteiger partial charge in [-0.05, 0) is 42.7 Å². The Morgan fingerprint density at radius 3 is 2.92 bits per heavy atom. The number of unbranched alkanes of at least 4 members (excludes halogenated alkanes) is 1. The molecule has 0 aliphatic heterocycles. The van der Waals surface area contributed by atoms with E-state index in [2.05, 4.69) is 41.8 Å². The summed E-state index contributed by atoms with van der Waals surface area (Å²) in [6.45, 7) is 2.23. The predicted octanol–water partition coefficient (Wildman–Crippen LogP) is 5.57. The highest BCUT2D eigenvalue weighted by atomic mass is 32.1. The van der Waals surface area contributed by atoms with Gasteiger partial charge >= 0.3 is 0 Å². The van der Waals surface area contributed by atoms with Gasteiger partial charge in [0.2, 0.25) is 0 Å².